The van der Waals surface area contributed by atoms with Crippen LogP contribution in [0.5, 0.6) is 0 Å². The van der Waals surface area contributed by atoms with Gasteiger partial charge in [-0.2, -0.15) is 8.78 Å². The van der Waals surface area contributed by atoms with E-state index in [0.29, 0.717) is 11.1 Å². The number of carbonyl (C=O) groups is 2. The topological polar surface area (TPSA) is 89.9 Å². The van der Waals surface area contributed by atoms with Crippen LogP contribution in [0.2, 0.25) is 0 Å². The molecule has 1 aliphatic rings. The number of hydrogen-bond acceptors (Lipinski definition) is 4. The lowest BCUT2D eigenvalue weighted by Gasteiger charge is -2.23. The van der Waals surface area contributed by atoms with Crippen LogP contribution in [0.15, 0.2) is 18.2 Å². The summed E-state index contributed by atoms with van der Waals surface area (Å²) in [5.74, 6) is -5.73. The van der Waals surface area contributed by atoms with Crippen molar-refractivity contribution in [2.24, 2.45) is 0 Å². The summed E-state index contributed by atoms with van der Waals surface area (Å²) < 4.78 is 27.2. The monoisotopic (exact) mass is 314 g/mol. The molecule has 0 aliphatic carbocycles. The van der Waals surface area contributed by atoms with Crippen LogP contribution < -0.4 is 5.32 Å². The van der Waals surface area contributed by atoms with E-state index in [1.807, 2.05) is 0 Å². The highest BCUT2D eigenvalue weighted by atomic mass is 19.3. The highest BCUT2D eigenvalue weighted by Gasteiger charge is 2.43. The Balaban J connectivity index is 2.29. The molecule has 6 nitrogen and oxygen atoms in total. The summed E-state index contributed by atoms with van der Waals surface area (Å²) in [6.45, 7) is -1.80. The first-order valence-electron chi connectivity index (χ1n) is 6.67. The fourth-order valence-corrected chi connectivity index (χ4v) is 2.25. The minimum absolute atomic E-state index is 0.0437. The minimum atomic E-state index is -3.65. The number of rotatable bonds is 3. The quantitative estimate of drug-likeness (QED) is 0.725. The van der Waals surface area contributed by atoms with Crippen LogP contribution in [0, 0.1) is 0 Å². The van der Waals surface area contributed by atoms with Crippen molar-refractivity contribution in [1.82, 2.24) is 10.2 Å². The molecule has 1 heterocycles. The largest absolute Gasteiger partial charge is 0.392 e. The molecule has 0 spiro atoms. The van der Waals surface area contributed by atoms with E-state index in [1.54, 1.807) is 0 Å². The zero-order valence-corrected chi connectivity index (χ0v) is 11.7. The number of halogens is 2. The van der Waals surface area contributed by atoms with Gasteiger partial charge in [0, 0.05) is 18.7 Å². The Morgan fingerprint density at radius 2 is 1.82 bits per heavy atom. The molecule has 1 aliphatic heterocycles. The van der Waals surface area contributed by atoms with Gasteiger partial charge in [0.05, 0.1) is 19.8 Å². The van der Waals surface area contributed by atoms with E-state index in [0.717, 1.165) is 4.90 Å². The highest BCUT2D eigenvalue weighted by molar-refractivity contribution is 5.95. The SMILES string of the molecule is O=C(c1cc(CO)cc(CO)c1)N1CCNC(=O)C(F)(F)C1. The van der Waals surface area contributed by atoms with Crippen LogP contribution in [-0.4, -0.2) is 52.5 Å². The molecule has 0 aromatic heterocycles. The molecule has 3 N–H and O–H groups in total. The van der Waals surface area contributed by atoms with E-state index >= 15 is 0 Å². The van der Waals surface area contributed by atoms with E-state index in [9.17, 15) is 18.4 Å². The first-order chi connectivity index (χ1) is 10.4. The predicted octanol–water partition coefficient (Wildman–Crippen LogP) is -0.122. The maximum absolute atomic E-state index is 13.6. The van der Waals surface area contributed by atoms with E-state index in [-0.39, 0.29) is 31.9 Å². The number of alkyl halides is 2. The van der Waals surface area contributed by atoms with Crippen molar-refractivity contribution in [2.45, 2.75) is 19.1 Å². The molecule has 1 saturated heterocycles. The lowest BCUT2D eigenvalue weighted by Crippen LogP contribution is -2.44. The summed E-state index contributed by atoms with van der Waals surface area (Å²) in [6, 6.07) is 4.26. The molecular formula is C14H16F2N2O4. The summed E-state index contributed by atoms with van der Waals surface area (Å²) in [7, 11) is 0. The molecule has 22 heavy (non-hydrogen) atoms. The molecule has 0 saturated carbocycles. The van der Waals surface area contributed by atoms with Crippen molar-refractivity contribution < 1.29 is 28.6 Å². The Bertz CT molecular complexity index is 570. The molecule has 0 bridgehead atoms. The lowest BCUT2D eigenvalue weighted by molar-refractivity contribution is -0.145. The first kappa shape index (κ1) is 16.3. The second-order valence-corrected chi connectivity index (χ2v) is 5.04. The third kappa shape index (κ3) is 3.40. The summed E-state index contributed by atoms with van der Waals surface area (Å²) in [5, 5.41) is 20.4. The number of carbonyl (C=O) groups excluding carboxylic acids is 2. The second kappa shape index (κ2) is 6.37. The predicted molar refractivity (Wildman–Crippen MR) is 72.1 cm³/mol. The van der Waals surface area contributed by atoms with Gasteiger partial charge < -0.3 is 20.4 Å². The number of aliphatic hydroxyl groups excluding tert-OH is 2. The summed E-state index contributed by atoms with van der Waals surface area (Å²) >= 11 is 0. The van der Waals surface area contributed by atoms with Crippen LogP contribution in [0.25, 0.3) is 0 Å². The maximum Gasteiger partial charge on any atom is 0.341 e. The Hall–Kier alpha value is -2.06. The third-order valence-corrected chi connectivity index (χ3v) is 3.34. The minimum Gasteiger partial charge on any atom is -0.392 e. The molecule has 8 heteroatoms. The highest BCUT2D eigenvalue weighted by Crippen LogP contribution is 2.20. The van der Waals surface area contributed by atoms with E-state index < -0.39 is 24.3 Å². The molecule has 2 amide bonds. The van der Waals surface area contributed by atoms with Gasteiger partial charge in [-0.3, -0.25) is 9.59 Å². The molecule has 1 fully saturated rings. The van der Waals surface area contributed by atoms with Gasteiger partial charge in [-0.1, -0.05) is 6.07 Å². The number of benzene rings is 1. The molecule has 1 aromatic carbocycles. The number of amides is 2. The van der Waals surface area contributed by atoms with Gasteiger partial charge in [0.25, 0.3) is 11.8 Å². The molecule has 1 aromatic rings. The van der Waals surface area contributed by atoms with Gasteiger partial charge in [0.15, 0.2) is 0 Å². The number of aliphatic hydroxyl groups is 2. The molecule has 0 unspecified atom stereocenters. The Morgan fingerprint density at radius 1 is 1.23 bits per heavy atom. The van der Waals surface area contributed by atoms with E-state index in [4.69, 9.17) is 10.2 Å². The zero-order valence-electron chi connectivity index (χ0n) is 11.7. The van der Waals surface area contributed by atoms with Crippen molar-refractivity contribution in [2.75, 3.05) is 19.6 Å². The fraction of sp³-hybridized carbons (Fsp3) is 0.429. The van der Waals surface area contributed by atoms with Crippen molar-refractivity contribution in [3.05, 3.63) is 34.9 Å². The average molecular weight is 314 g/mol. The Labute approximate surface area is 125 Å². The van der Waals surface area contributed by atoms with Crippen LogP contribution in [0.1, 0.15) is 21.5 Å². The normalized spacial score (nSPS) is 17.8. The average Bonchev–Trinajstić information content (AvgIpc) is 2.64. The van der Waals surface area contributed by atoms with E-state index in [2.05, 4.69) is 5.32 Å². The summed E-state index contributed by atoms with van der Waals surface area (Å²) in [6.07, 6.45) is 0. The third-order valence-electron chi connectivity index (χ3n) is 3.34. The summed E-state index contributed by atoms with van der Waals surface area (Å²) in [4.78, 5) is 24.4. The van der Waals surface area contributed by atoms with Gasteiger partial charge in [0.1, 0.15) is 0 Å². The zero-order chi connectivity index (χ0) is 16.3. The van der Waals surface area contributed by atoms with Crippen molar-refractivity contribution in [3.63, 3.8) is 0 Å². The smallest absolute Gasteiger partial charge is 0.341 e. The number of hydrogen-bond donors (Lipinski definition) is 3. The van der Waals surface area contributed by atoms with Gasteiger partial charge in [-0.25, -0.2) is 0 Å². The number of nitrogens with one attached hydrogen (secondary N) is 1. The molecule has 2 rings (SSSR count). The standard InChI is InChI=1S/C14H16F2N2O4/c15-14(16)8-18(2-1-17-13(14)22)12(21)11-4-9(6-19)3-10(5-11)7-20/h3-5,19-20H,1-2,6-8H2,(H,17,22). The molecular weight excluding hydrogens is 298 g/mol. The van der Waals surface area contributed by atoms with Gasteiger partial charge in [-0.05, 0) is 23.3 Å². The first-order valence-corrected chi connectivity index (χ1v) is 6.67. The van der Waals surface area contributed by atoms with Crippen molar-refractivity contribution in [1.29, 1.82) is 0 Å². The van der Waals surface area contributed by atoms with Crippen LogP contribution in [0.3, 0.4) is 0 Å². The lowest BCUT2D eigenvalue weighted by atomic mass is 10.1. The maximum atomic E-state index is 13.6. The van der Waals surface area contributed by atoms with Crippen molar-refractivity contribution >= 4 is 11.8 Å². The summed E-state index contributed by atoms with van der Waals surface area (Å²) in [5.41, 5.74) is 0.872. The Kier molecular flexibility index (Phi) is 4.72. The fourth-order valence-electron chi connectivity index (χ4n) is 2.25. The van der Waals surface area contributed by atoms with Crippen molar-refractivity contribution in [3.8, 4) is 0 Å². The molecule has 120 valence electrons. The molecule has 0 radical (unpaired) electrons. The van der Waals surface area contributed by atoms with Crippen LogP contribution in [0.4, 0.5) is 8.78 Å². The molecule has 0 atom stereocenters. The van der Waals surface area contributed by atoms with Crippen LogP contribution >= 0.6 is 0 Å². The van der Waals surface area contributed by atoms with Gasteiger partial charge in [-0.15, -0.1) is 0 Å². The number of nitrogens with zero attached hydrogens (tertiary/aromatic N) is 1. The van der Waals surface area contributed by atoms with Crippen LogP contribution in [-0.2, 0) is 18.0 Å². The van der Waals surface area contributed by atoms with Gasteiger partial charge in [0.2, 0.25) is 0 Å². The van der Waals surface area contributed by atoms with E-state index in [1.165, 1.54) is 18.2 Å². The second-order valence-electron chi connectivity index (χ2n) is 5.04. The Morgan fingerprint density at radius 3 is 2.36 bits per heavy atom. The van der Waals surface area contributed by atoms with Gasteiger partial charge >= 0.3 is 5.92 Å².